The Kier molecular flexibility index (Phi) is 7.55. The second-order valence-electron chi connectivity index (χ2n) is 5.88. The fraction of sp³-hybridized carbons (Fsp3) is 0.300. The third-order valence-corrected chi connectivity index (χ3v) is 5.16. The highest BCUT2D eigenvalue weighted by Gasteiger charge is 2.22. The number of amides is 1. The molecule has 1 unspecified atom stereocenters. The Morgan fingerprint density at radius 3 is 2.52 bits per heavy atom. The van der Waals surface area contributed by atoms with Gasteiger partial charge in [0.05, 0.1) is 32.4 Å². The minimum atomic E-state index is -1.01. The van der Waals surface area contributed by atoms with Crippen molar-refractivity contribution in [1.82, 2.24) is 5.32 Å². The summed E-state index contributed by atoms with van der Waals surface area (Å²) in [5.41, 5.74) is 1.68. The molecular weight excluding hydrogens is 366 g/mol. The van der Waals surface area contributed by atoms with Gasteiger partial charge in [-0.1, -0.05) is 18.2 Å². The highest BCUT2D eigenvalue weighted by Crippen LogP contribution is 2.31. The molecule has 0 aliphatic heterocycles. The normalized spacial score (nSPS) is 11.5. The Hall–Kier alpha value is -2.67. The van der Waals surface area contributed by atoms with Crippen LogP contribution in [0.2, 0.25) is 0 Å². The number of benzene rings is 2. The number of methoxy groups -OCH3 is 2. The van der Waals surface area contributed by atoms with Crippen molar-refractivity contribution < 1.29 is 24.2 Å². The number of rotatable bonds is 9. The van der Waals surface area contributed by atoms with Gasteiger partial charge in [0.1, 0.15) is 11.5 Å². The molecule has 0 aliphatic rings. The number of nitrogens with one attached hydrogen (secondary N) is 1. The van der Waals surface area contributed by atoms with Crippen molar-refractivity contribution >= 4 is 23.6 Å². The second kappa shape index (κ2) is 9.87. The number of carbonyl (C=O) groups is 2. The lowest BCUT2D eigenvalue weighted by Crippen LogP contribution is -2.31. The lowest BCUT2D eigenvalue weighted by Gasteiger charge is -2.20. The lowest BCUT2D eigenvalue weighted by molar-refractivity contribution is -0.137. The molecule has 2 rings (SSSR count). The molecule has 27 heavy (non-hydrogen) atoms. The predicted molar refractivity (Wildman–Crippen MR) is 105 cm³/mol. The van der Waals surface area contributed by atoms with E-state index in [4.69, 9.17) is 9.47 Å². The molecule has 144 valence electrons. The van der Waals surface area contributed by atoms with Crippen LogP contribution in [0, 0.1) is 6.92 Å². The van der Waals surface area contributed by atoms with Gasteiger partial charge in [-0.2, -0.15) is 0 Å². The summed E-state index contributed by atoms with van der Waals surface area (Å²) < 4.78 is 10.5. The quantitative estimate of drug-likeness (QED) is 0.639. The van der Waals surface area contributed by atoms with Crippen LogP contribution in [-0.2, 0) is 9.59 Å². The molecule has 2 aromatic carbocycles. The van der Waals surface area contributed by atoms with Crippen molar-refractivity contribution in [2.24, 2.45) is 0 Å². The molecule has 7 heteroatoms. The molecule has 0 spiro atoms. The van der Waals surface area contributed by atoms with E-state index in [-0.39, 0.29) is 18.1 Å². The van der Waals surface area contributed by atoms with Crippen molar-refractivity contribution in [3.05, 3.63) is 53.6 Å². The fourth-order valence-corrected chi connectivity index (χ4v) is 3.46. The number of hydrogen-bond donors (Lipinski definition) is 2. The first-order valence-corrected chi connectivity index (χ1v) is 9.34. The Balaban J connectivity index is 2.13. The average Bonchev–Trinajstić information content (AvgIpc) is 2.66. The monoisotopic (exact) mass is 389 g/mol. The van der Waals surface area contributed by atoms with Gasteiger partial charge in [-0.05, 0) is 30.7 Å². The highest BCUT2D eigenvalue weighted by atomic mass is 32.2. The summed E-state index contributed by atoms with van der Waals surface area (Å²) in [6.45, 7) is 1.98. The van der Waals surface area contributed by atoms with Crippen molar-refractivity contribution in [3.8, 4) is 11.5 Å². The van der Waals surface area contributed by atoms with Crippen molar-refractivity contribution in [3.63, 3.8) is 0 Å². The van der Waals surface area contributed by atoms with E-state index in [1.54, 1.807) is 18.2 Å². The third kappa shape index (κ3) is 5.92. The zero-order valence-electron chi connectivity index (χ0n) is 15.5. The van der Waals surface area contributed by atoms with E-state index in [2.05, 4.69) is 5.32 Å². The number of carbonyl (C=O) groups excluding carboxylic acids is 1. The molecule has 2 N–H and O–H groups in total. The molecule has 0 bridgehead atoms. The molecule has 0 heterocycles. The van der Waals surface area contributed by atoms with E-state index in [9.17, 15) is 14.7 Å². The van der Waals surface area contributed by atoms with Gasteiger partial charge in [0, 0.05) is 16.5 Å². The van der Waals surface area contributed by atoms with Crippen LogP contribution in [0.15, 0.2) is 47.4 Å². The average molecular weight is 389 g/mol. The maximum absolute atomic E-state index is 12.4. The molecule has 1 amide bonds. The van der Waals surface area contributed by atoms with Gasteiger partial charge in [0.15, 0.2) is 0 Å². The van der Waals surface area contributed by atoms with Gasteiger partial charge in [-0.25, -0.2) is 0 Å². The Morgan fingerprint density at radius 1 is 1.15 bits per heavy atom. The van der Waals surface area contributed by atoms with Crippen LogP contribution in [0.4, 0.5) is 0 Å². The van der Waals surface area contributed by atoms with Gasteiger partial charge in [0.2, 0.25) is 5.91 Å². The molecule has 0 radical (unpaired) electrons. The Morgan fingerprint density at radius 2 is 1.89 bits per heavy atom. The smallest absolute Gasteiger partial charge is 0.305 e. The van der Waals surface area contributed by atoms with Crippen molar-refractivity contribution in [1.29, 1.82) is 0 Å². The first kappa shape index (κ1) is 20.6. The number of carboxylic acids is 1. The maximum Gasteiger partial charge on any atom is 0.305 e. The molecule has 1 atom stereocenters. The van der Waals surface area contributed by atoms with Crippen molar-refractivity contribution in [2.75, 3.05) is 20.0 Å². The summed E-state index contributed by atoms with van der Waals surface area (Å²) in [6, 6.07) is 12.2. The van der Waals surface area contributed by atoms with E-state index in [0.717, 1.165) is 10.5 Å². The van der Waals surface area contributed by atoms with Crippen molar-refractivity contribution in [2.45, 2.75) is 24.3 Å². The van der Waals surface area contributed by atoms with E-state index < -0.39 is 12.0 Å². The van der Waals surface area contributed by atoms with Gasteiger partial charge in [-0.15, -0.1) is 11.8 Å². The first-order valence-electron chi connectivity index (χ1n) is 8.36. The maximum atomic E-state index is 12.4. The van der Waals surface area contributed by atoms with Crippen LogP contribution in [0.1, 0.15) is 23.6 Å². The Bertz CT molecular complexity index is 809. The zero-order valence-corrected chi connectivity index (χ0v) is 16.3. The number of hydrogen-bond acceptors (Lipinski definition) is 5. The van der Waals surface area contributed by atoms with Gasteiger partial charge in [-0.3, -0.25) is 9.59 Å². The van der Waals surface area contributed by atoms with Crippen LogP contribution in [0.5, 0.6) is 11.5 Å². The zero-order chi connectivity index (χ0) is 19.8. The van der Waals surface area contributed by atoms with Crippen LogP contribution in [0.25, 0.3) is 0 Å². The number of aryl methyl sites for hydroxylation is 1. The molecule has 2 aromatic rings. The lowest BCUT2D eigenvalue weighted by atomic mass is 10.0. The summed E-state index contributed by atoms with van der Waals surface area (Å²) in [7, 11) is 3.03. The molecule has 0 fully saturated rings. The third-order valence-electron chi connectivity index (χ3n) is 3.98. The van der Waals surface area contributed by atoms with Crippen LogP contribution >= 0.6 is 11.8 Å². The SMILES string of the molecule is COc1ccc(C(CC(=O)O)NC(=O)CSc2ccccc2C)c(OC)c1. The largest absolute Gasteiger partial charge is 0.497 e. The molecule has 0 aromatic heterocycles. The number of thioether (sulfide) groups is 1. The first-order chi connectivity index (χ1) is 12.9. The van der Waals surface area contributed by atoms with Crippen LogP contribution in [-0.4, -0.2) is 37.0 Å². The molecule has 0 aliphatic carbocycles. The molecule has 0 saturated carbocycles. The minimum absolute atomic E-state index is 0.194. The molecular formula is C20H23NO5S. The summed E-state index contributed by atoms with van der Waals surface area (Å²) in [5.74, 6) is -0.00456. The number of aliphatic carboxylic acids is 1. The minimum Gasteiger partial charge on any atom is -0.497 e. The summed E-state index contributed by atoms with van der Waals surface area (Å²) >= 11 is 1.42. The Labute approximate surface area is 162 Å². The van der Waals surface area contributed by atoms with Gasteiger partial charge < -0.3 is 19.9 Å². The second-order valence-corrected chi connectivity index (χ2v) is 6.90. The fourth-order valence-electron chi connectivity index (χ4n) is 2.62. The van der Waals surface area contributed by atoms with E-state index in [1.165, 1.54) is 26.0 Å². The number of ether oxygens (including phenoxy) is 2. The van der Waals surface area contributed by atoms with E-state index >= 15 is 0 Å². The number of carboxylic acid groups (broad SMARTS) is 1. The predicted octanol–water partition coefficient (Wildman–Crippen LogP) is 3.44. The van der Waals surface area contributed by atoms with Crippen LogP contribution < -0.4 is 14.8 Å². The van der Waals surface area contributed by atoms with Gasteiger partial charge >= 0.3 is 5.97 Å². The van der Waals surface area contributed by atoms with Gasteiger partial charge in [0.25, 0.3) is 0 Å². The summed E-state index contributed by atoms with van der Waals surface area (Å²) in [4.78, 5) is 24.7. The van der Waals surface area contributed by atoms with E-state index in [1.807, 2.05) is 31.2 Å². The highest BCUT2D eigenvalue weighted by molar-refractivity contribution is 8.00. The summed E-state index contributed by atoms with van der Waals surface area (Å²) in [5, 5.41) is 12.0. The topological polar surface area (TPSA) is 84.9 Å². The standard InChI is InChI=1S/C20H23NO5S/c1-13-6-4-5-7-18(13)27-12-19(22)21-16(11-20(23)24)15-9-8-14(25-2)10-17(15)26-3/h4-10,16H,11-12H2,1-3H3,(H,21,22)(H,23,24). The summed E-state index contributed by atoms with van der Waals surface area (Å²) in [6.07, 6.45) is -0.247. The van der Waals surface area contributed by atoms with E-state index in [0.29, 0.717) is 17.1 Å². The molecule has 0 saturated heterocycles. The van der Waals surface area contributed by atoms with Crippen LogP contribution in [0.3, 0.4) is 0 Å². The molecule has 6 nitrogen and oxygen atoms in total.